The Morgan fingerprint density at radius 1 is 1.30 bits per heavy atom. The molecule has 1 fully saturated rings. The zero-order chi connectivity index (χ0) is 19.2. The quantitative estimate of drug-likeness (QED) is 0.753. The summed E-state index contributed by atoms with van der Waals surface area (Å²) in [6, 6.07) is 6.42. The minimum absolute atomic E-state index is 0.244. The lowest BCUT2D eigenvalue weighted by Gasteiger charge is -2.42. The third-order valence-corrected chi connectivity index (χ3v) is 6.47. The normalized spacial score (nSPS) is 26.3. The summed E-state index contributed by atoms with van der Waals surface area (Å²) in [4.78, 5) is 0. The van der Waals surface area contributed by atoms with Gasteiger partial charge in [-0.05, 0) is 81.9 Å². The Hall–Kier alpha value is -2.20. The molecule has 0 radical (unpaired) electrons. The third-order valence-electron chi connectivity index (χ3n) is 6.47. The van der Waals surface area contributed by atoms with E-state index in [4.69, 9.17) is 0 Å². The van der Waals surface area contributed by atoms with E-state index >= 15 is 0 Å². The van der Waals surface area contributed by atoms with E-state index in [1.807, 2.05) is 10.9 Å². The van der Waals surface area contributed by atoms with Gasteiger partial charge in [-0.25, -0.2) is 9.07 Å². The first-order valence-electron chi connectivity index (χ1n) is 9.72. The van der Waals surface area contributed by atoms with Gasteiger partial charge in [0.05, 0.1) is 23.2 Å². The first-order chi connectivity index (χ1) is 12.8. The summed E-state index contributed by atoms with van der Waals surface area (Å²) in [6.07, 6.45) is 10.5. The van der Waals surface area contributed by atoms with Crippen LogP contribution in [0.2, 0.25) is 0 Å². The maximum Gasteiger partial charge on any atom is 0.123 e. The van der Waals surface area contributed by atoms with Crippen molar-refractivity contribution in [1.29, 1.82) is 0 Å². The number of aliphatic hydroxyl groups is 1. The molecule has 1 aromatic heterocycles. The van der Waals surface area contributed by atoms with Gasteiger partial charge in [-0.15, -0.1) is 0 Å². The van der Waals surface area contributed by atoms with Gasteiger partial charge in [0, 0.05) is 5.41 Å². The van der Waals surface area contributed by atoms with Gasteiger partial charge in [0.1, 0.15) is 5.82 Å². The van der Waals surface area contributed by atoms with Crippen molar-refractivity contribution in [3.8, 4) is 5.69 Å². The van der Waals surface area contributed by atoms with Crippen molar-refractivity contribution >= 4 is 6.08 Å². The molecule has 0 bridgehead atoms. The molecule has 0 aliphatic heterocycles. The Bertz CT molecular complexity index is 920. The fourth-order valence-corrected chi connectivity index (χ4v) is 4.72. The van der Waals surface area contributed by atoms with Gasteiger partial charge < -0.3 is 5.11 Å². The maximum absolute atomic E-state index is 13.3. The van der Waals surface area contributed by atoms with Crippen LogP contribution in [-0.4, -0.2) is 20.5 Å². The van der Waals surface area contributed by atoms with E-state index < -0.39 is 5.60 Å². The second-order valence-corrected chi connectivity index (χ2v) is 8.47. The van der Waals surface area contributed by atoms with Crippen LogP contribution in [0.1, 0.15) is 57.7 Å². The van der Waals surface area contributed by atoms with Gasteiger partial charge in [0.25, 0.3) is 0 Å². The lowest BCUT2D eigenvalue weighted by atomic mass is 9.66. The number of aromatic nitrogens is 2. The molecule has 2 aliphatic rings. The molecule has 4 heteroatoms. The van der Waals surface area contributed by atoms with Crippen LogP contribution in [0.5, 0.6) is 0 Å². The van der Waals surface area contributed by atoms with E-state index in [1.165, 1.54) is 23.3 Å². The summed E-state index contributed by atoms with van der Waals surface area (Å²) >= 11 is 0. The molecule has 0 saturated heterocycles. The lowest BCUT2D eigenvalue weighted by Crippen LogP contribution is -2.45. The van der Waals surface area contributed by atoms with E-state index in [-0.39, 0.29) is 11.2 Å². The fraction of sp³-hybridized carbons (Fsp3) is 0.435. The van der Waals surface area contributed by atoms with E-state index in [9.17, 15) is 9.50 Å². The Balaban J connectivity index is 1.67. The lowest BCUT2D eigenvalue weighted by molar-refractivity contribution is -0.0456. The number of nitrogens with zero attached hydrogens (tertiary/aromatic N) is 2. The van der Waals surface area contributed by atoms with Crippen molar-refractivity contribution in [3.05, 3.63) is 64.8 Å². The molecule has 1 heterocycles. The zero-order valence-corrected chi connectivity index (χ0v) is 16.3. The summed E-state index contributed by atoms with van der Waals surface area (Å²) in [5.41, 5.74) is 4.74. The van der Waals surface area contributed by atoms with E-state index in [2.05, 4.69) is 38.0 Å². The molecule has 3 nitrogen and oxygen atoms in total. The van der Waals surface area contributed by atoms with Crippen molar-refractivity contribution in [3.63, 3.8) is 0 Å². The molecule has 2 atom stereocenters. The number of rotatable bonds is 4. The highest BCUT2D eigenvalue weighted by Crippen LogP contribution is 2.56. The number of benzene rings is 1. The molecule has 0 spiro atoms. The largest absolute Gasteiger partial charge is 0.389 e. The van der Waals surface area contributed by atoms with Gasteiger partial charge in [-0.1, -0.05) is 24.1 Å². The predicted octanol–water partition coefficient (Wildman–Crippen LogP) is 5.23. The van der Waals surface area contributed by atoms with Crippen LogP contribution in [0, 0.1) is 11.2 Å². The predicted molar refractivity (Wildman–Crippen MR) is 106 cm³/mol. The van der Waals surface area contributed by atoms with Crippen molar-refractivity contribution in [1.82, 2.24) is 9.78 Å². The summed E-state index contributed by atoms with van der Waals surface area (Å²) in [6.45, 7) is 6.40. The Kier molecular flexibility index (Phi) is 4.34. The topological polar surface area (TPSA) is 38.1 Å². The molecular formula is C23H27FN2O. The van der Waals surface area contributed by atoms with Crippen LogP contribution >= 0.6 is 0 Å². The first kappa shape index (κ1) is 18.2. The standard InChI is InChI=1S/C23H27FN2O/c1-16(2)5-4-11-23(27)12-10-18-13-21-17(14-22(18,23)3)15-25-26(21)20-8-6-19(24)7-9-20/h5-9,13,15,27H,4,10-12,14H2,1-3H3/t22-,23-/m0/s1. The van der Waals surface area contributed by atoms with Crippen LogP contribution in [0.3, 0.4) is 0 Å². The van der Waals surface area contributed by atoms with Gasteiger partial charge in [-0.2, -0.15) is 5.10 Å². The summed E-state index contributed by atoms with van der Waals surface area (Å²) in [5.74, 6) is -0.247. The highest BCUT2D eigenvalue weighted by Gasteiger charge is 2.54. The van der Waals surface area contributed by atoms with Crippen LogP contribution in [0.4, 0.5) is 4.39 Å². The highest BCUT2D eigenvalue weighted by atomic mass is 19.1. The molecule has 2 aromatic rings. The minimum atomic E-state index is -0.680. The maximum atomic E-state index is 13.3. The first-order valence-corrected chi connectivity index (χ1v) is 9.72. The smallest absolute Gasteiger partial charge is 0.123 e. The SMILES string of the molecule is CC(C)=CCC[C@]1(O)CCC2=Cc3c(cnn3-c3ccc(F)cc3)C[C@@]21C. The van der Waals surface area contributed by atoms with Crippen LogP contribution in [0.25, 0.3) is 11.8 Å². The van der Waals surface area contributed by atoms with Crippen molar-refractivity contribution in [2.45, 2.75) is 58.5 Å². The Morgan fingerprint density at radius 3 is 2.74 bits per heavy atom. The number of hydrogen-bond donors (Lipinski definition) is 1. The van der Waals surface area contributed by atoms with Gasteiger partial charge >= 0.3 is 0 Å². The number of allylic oxidation sites excluding steroid dienone is 2. The second-order valence-electron chi connectivity index (χ2n) is 8.47. The van der Waals surface area contributed by atoms with Crippen molar-refractivity contribution in [2.75, 3.05) is 0 Å². The molecular weight excluding hydrogens is 339 g/mol. The van der Waals surface area contributed by atoms with Gasteiger partial charge in [-0.3, -0.25) is 0 Å². The molecule has 142 valence electrons. The summed E-state index contributed by atoms with van der Waals surface area (Å²) in [7, 11) is 0. The average molecular weight is 366 g/mol. The zero-order valence-electron chi connectivity index (χ0n) is 16.3. The number of fused-ring (bicyclic) bond motifs is 2. The van der Waals surface area contributed by atoms with Crippen molar-refractivity contribution in [2.24, 2.45) is 5.41 Å². The summed E-state index contributed by atoms with van der Waals surface area (Å²) in [5, 5.41) is 16.0. The molecule has 1 saturated carbocycles. The van der Waals surface area contributed by atoms with Gasteiger partial charge in [0.15, 0.2) is 0 Å². The Labute approximate surface area is 160 Å². The molecule has 2 aliphatic carbocycles. The summed E-state index contributed by atoms with van der Waals surface area (Å²) < 4.78 is 15.1. The minimum Gasteiger partial charge on any atom is -0.389 e. The molecule has 1 aromatic carbocycles. The molecule has 4 rings (SSSR count). The molecule has 0 amide bonds. The van der Waals surface area contributed by atoms with Crippen LogP contribution in [0.15, 0.2) is 47.7 Å². The van der Waals surface area contributed by atoms with Crippen molar-refractivity contribution < 1.29 is 9.50 Å². The van der Waals surface area contributed by atoms with E-state index in [0.717, 1.165) is 49.0 Å². The average Bonchev–Trinajstić information content (AvgIpc) is 3.12. The molecule has 27 heavy (non-hydrogen) atoms. The van der Waals surface area contributed by atoms with Crippen LogP contribution in [-0.2, 0) is 6.42 Å². The number of halogens is 1. The third kappa shape index (κ3) is 2.96. The Morgan fingerprint density at radius 2 is 2.04 bits per heavy atom. The fourth-order valence-electron chi connectivity index (χ4n) is 4.72. The monoisotopic (exact) mass is 366 g/mol. The number of hydrogen-bond acceptors (Lipinski definition) is 2. The highest BCUT2D eigenvalue weighted by molar-refractivity contribution is 5.62. The second kappa shape index (κ2) is 6.45. The van der Waals surface area contributed by atoms with Crippen LogP contribution < -0.4 is 0 Å². The van der Waals surface area contributed by atoms with Gasteiger partial charge in [0.2, 0.25) is 0 Å². The molecule has 0 unspecified atom stereocenters. The van der Waals surface area contributed by atoms with E-state index in [0.29, 0.717) is 0 Å². The van der Waals surface area contributed by atoms with E-state index in [1.54, 1.807) is 12.1 Å². The molecule has 1 N–H and O–H groups in total.